The van der Waals surface area contributed by atoms with Crippen molar-refractivity contribution in [1.82, 2.24) is 15.0 Å². The van der Waals surface area contributed by atoms with E-state index in [9.17, 15) is 14.9 Å². The van der Waals surface area contributed by atoms with Crippen molar-refractivity contribution in [3.8, 4) is 28.9 Å². The molecule has 3 amide bonds. The number of carbonyl (C=O) groups excluding carboxylic acids is 2. The van der Waals surface area contributed by atoms with Gasteiger partial charge in [0.15, 0.2) is 5.76 Å². The summed E-state index contributed by atoms with van der Waals surface area (Å²) in [5, 5.41) is 13.8. The van der Waals surface area contributed by atoms with E-state index in [0.29, 0.717) is 48.6 Å². The van der Waals surface area contributed by atoms with Gasteiger partial charge in [0.05, 0.1) is 31.4 Å². The minimum Gasteiger partial charge on any atom is -0.497 e. The highest BCUT2D eigenvalue weighted by atomic mass is 16.5. The third kappa shape index (κ3) is 5.94. The van der Waals surface area contributed by atoms with Crippen molar-refractivity contribution in [3.63, 3.8) is 0 Å². The molecule has 0 saturated carbocycles. The van der Waals surface area contributed by atoms with Gasteiger partial charge in [0.1, 0.15) is 22.7 Å². The molecule has 0 radical (unpaired) electrons. The second kappa shape index (κ2) is 12.7. The van der Waals surface area contributed by atoms with Crippen LogP contribution < -0.4 is 14.4 Å². The lowest BCUT2D eigenvalue weighted by atomic mass is 9.81. The number of rotatable bonds is 9. The minimum absolute atomic E-state index is 0.0181. The molecule has 236 valence electrons. The Balaban J connectivity index is 1.27. The number of benzene rings is 3. The van der Waals surface area contributed by atoms with Crippen molar-refractivity contribution in [1.29, 1.82) is 5.26 Å². The first-order valence-corrected chi connectivity index (χ1v) is 15.5. The van der Waals surface area contributed by atoms with Gasteiger partial charge in [0.25, 0.3) is 5.91 Å². The maximum atomic E-state index is 14.4. The number of ether oxygens (including phenoxy) is 2. The number of urea groups is 1. The highest BCUT2D eigenvalue weighted by Gasteiger charge is 2.60. The number of carbonyl (C=O) groups is 2. The maximum Gasteiger partial charge on any atom is 0.332 e. The van der Waals surface area contributed by atoms with Crippen LogP contribution in [0.3, 0.4) is 0 Å². The molecular weight excluding hydrogens is 582 g/mol. The number of methoxy groups -OCH3 is 1. The SMILES string of the molecule is COc1ccc(-c2cc(CN3C(=O)N(c4cccc(C#N)c4)[C@@]4(CCN(Cc5cccc(OC(C)C)c5)[C@@H](C)C4)C3=O)no2)cc1. The molecule has 2 atom stereocenters. The van der Waals surface area contributed by atoms with Crippen LogP contribution in [0.4, 0.5) is 10.5 Å². The first-order valence-electron chi connectivity index (χ1n) is 15.5. The molecule has 6 rings (SSSR count). The molecule has 0 unspecified atom stereocenters. The summed E-state index contributed by atoms with van der Waals surface area (Å²) in [7, 11) is 1.60. The topological polar surface area (TPSA) is 112 Å². The van der Waals surface area contributed by atoms with Crippen LogP contribution in [0.2, 0.25) is 0 Å². The number of anilines is 1. The maximum absolute atomic E-state index is 14.4. The number of imide groups is 1. The van der Waals surface area contributed by atoms with E-state index in [1.54, 1.807) is 42.3 Å². The van der Waals surface area contributed by atoms with E-state index >= 15 is 0 Å². The molecule has 46 heavy (non-hydrogen) atoms. The summed E-state index contributed by atoms with van der Waals surface area (Å²) in [4.78, 5) is 33.8. The fraction of sp³-hybridized carbons (Fsp3) is 0.333. The molecule has 2 aliphatic rings. The summed E-state index contributed by atoms with van der Waals surface area (Å²) in [6.45, 7) is 7.36. The Morgan fingerprint density at radius 2 is 1.80 bits per heavy atom. The summed E-state index contributed by atoms with van der Waals surface area (Å²) in [5.41, 5.74) is 2.22. The summed E-state index contributed by atoms with van der Waals surface area (Å²) in [6.07, 6.45) is 0.950. The Bertz CT molecular complexity index is 1780. The van der Waals surface area contributed by atoms with Gasteiger partial charge < -0.3 is 14.0 Å². The molecule has 4 aromatic rings. The van der Waals surface area contributed by atoms with Crippen molar-refractivity contribution in [3.05, 3.63) is 95.7 Å². The zero-order valence-electron chi connectivity index (χ0n) is 26.5. The Hall–Kier alpha value is -5.14. The molecule has 0 bridgehead atoms. The van der Waals surface area contributed by atoms with Crippen LogP contribution in [-0.2, 0) is 17.9 Å². The smallest absolute Gasteiger partial charge is 0.332 e. The molecule has 2 fully saturated rings. The van der Waals surface area contributed by atoms with Crippen LogP contribution in [0.25, 0.3) is 11.3 Å². The van der Waals surface area contributed by atoms with Crippen molar-refractivity contribution >= 4 is 17.6 Å². The van der Waals surface area contributed by atoms with E-state index < -0.39 is 11.6 Å². The largest absolute Gasteiger partial charge is 0.497 e. The number of nitriles is 1. The van der Waals surface area contributed by atoms with E-state index in [1.165, 1.54) is 4.90 Å². The van der Waals surface area contributed by atoms with Crippen LogP contribution in [0.15, 0.2) is 83.4 Å². The van der Waals surface area contributed by atoms with Crippen LogP contribution >= 0.6 is 0 Å². The molecule has 3 heterocycles. The minimum atomic E-state index is -1.10. The van der Waals surface area contributed by atoms with Crippen molar-refractivity contribution in [2.24, 2.45) is 0 Å². The second-order valence-corrected chi connectivity index (χ2v) is 12.2. The zero-order valence-corrected chi connectivity index (χ0v) is 26.5. The number of aromatic nitrogens is 1. The molecule has 10 nitrogen and oxygen atoms in total. The van der Waals surface area contributed by atoms with Crippen LogP contribution in [-0.4, -0.2) is 58.2 Å². The van der Waals surface area contributed by atoms with Gasteiger partial charge in [-0.25, -0.2) is 4.79 Å². The van der Waals surface area contributed by atoms with Gasteiger partial charge in [-0.05, 0) is 93.8 Å². The highest BCUT2D eigenvalue weighted by Crippen LogP contribution is 2.43. The molecule has 10 heteroatoms. The lowest BCUT2D eigenvalue weighted by Crippen LogP contribution is -2.59. The third-order valence-electron chi connectivity index (χ3n) is 8.71. The lowest BCUT2D eigenvalue weighted by molar-refractivity contribution is -0.133. The Labute approximate surface area is 268 Å². The summed E-state index contributed by atoms with van der Waals surface area (Å²) < 4.78 is 16.7. The highest BCUT2D eigenvalue weighted by molar-refractivity contribution is 6.17. The van der Waals surface area contributed by atoms with Gasteiger partial charge in [-0.15, -0.1) is 0 Å². The van der Waals surface area contributed by atoms with Crippen molar-refractivity contribution < 1.29 is 23.6 Å². The normalized spacial score (nSPS) is 20.0. The molecule has 2 aliphatic heterocycles. The molecule has 0 aliphatic carbocycles. The van der Waals surface area contributed by atoms with Gasteiger partial charge in [0.2, 0.25) is 0 Å². The number of likely N-dealkylation sites (tertiary alicyclic amines) is 1. The molecule has 1 spiro atoms. The third-order valence-corrected chi connectivity index (χ3v) is 8.71. The standard InChI is InChI=1S/C36H37N5O5/c1-24(2)45-32-10-6-8-27(18-32)22-39-16-15-36(20-25(39)3)34(42)40(35(43)41(36)30-9-5-7-26(17-30)21-37)23-29-19-33(46-38-29)28-11-13-31(44-4)14-12-28/h5-14,17-19,24-25H,15-16,20,22-23H2,1-4H3/t25-,36+/m0/s1. The van der Waals surface area contributed by atoms with Crippen molar-refractivity contribution in [2.75, 3.05) is 18.6 Å². The predicted molar refractivity (Wildman–Crippen MR) is 172 cm³/mol. The fourth-order valence-electron chi connectivity index (χ4n) is 6.51. The van der Waals surface area contributed by atoms with E-state index in [-0.39, 0.29) is 24.6 Å². The Morgan fingerprint density at radius 1 is 1.02 bits per heavy atom. The summed E-state index contributed by atoms with van der Waals surface area (Å²) in [5.74, 6) is 1.80. The summed E-state index contributed by atoms with van der Waals surface area (Å²) >= 11 is 0. The van der Waals surface area contributed by atoms with Crippen LogP contribution in [0, 0.1) is 11.3 Å². The van der Waals surface area contributed by atoms with Gasteiger partial charge in [0, 0.05) is 36.4 Å². The Kier molecular flexibility index (Phi) is 8.52. The van der Waals surface area contributed by atoms with E-state index in [0.717, 1.165) is 22.6 Å². The number of hydrogen-bond donors (Lipinski definition) is 0. The molecule has 2 saturated heterocycles. The van der Waals surface area contributed by atoms with Gasteiger partial charge in [-0.1, -0.05) is 23.4 Å². The molecular formula is C36H37N5O5. The molecule has 0 N–H and O–H groups in total. The van der Waals surface area contributed by atoms with E-state index in [1.807, 2.05) is 50.2 Å². The number of piperidine rings is 1. The number of nitrogens with zero attached hydrogens (tertiary/aromatic N) is 5. The fourth-order valence-corrected chi connectivity index (χ4v) is 6.51. The monoisotopic (exact) mass is 619 g/mol. The second-order valence-electron chi connectivity index (χ2n) is 12.2. The first-order chi connectivity index (χ1) is 22.2. The van der Waals surface area contributed by atoms with E-state index in [2.05, 4.69) is 35.2 Å². The molecule has 1 aromatic heterocycles. The van der Waals surface area contributed by atoms with Gasteiger partial charge in [-0.2, -0.15) is 5.26 Å². The quantitative estimate of drug-likeness (QED) is 0.198. The van der Waals surface area contributed by atoms with Crippen LogP contribution in [0.1, 0.15) is 50.4 Å². The first kappa shape index (κ1) is 30.9. The number of amides is 3. The van der Waals surface area contributed by atoms with Crippen LogP contribution in [0.5, 0.6) is 11.5 Å². The lowest BCUT2D eigenvalue weighted by Gasteiger charge is -2.45. The number of hydrogen-bond acceptors (Lipinski definition) is 8. The molecule has 3 aromatic carbocycles. The van der Waals surface area contributed by atoms with Gasteiger partial charge in [-0.3, -0.25) is 19.5 Å². The van der Waals surface area contributed by atoms with E-state index in [4.69, 9.17) is 14.0 Å². The predicted octanol–water partition coefficient (Wildman–Crippen LogP) is 6.40. The van der Waals surface area contributed by atoms with Crippen molar-refractivity contribution in [2.45, 2.75) is 64.4 Å². The van der Waals surface area contributed by atoms with Gasteiger partial charge >= 0.3 is 6.03 Å². The summed E-state index contributed by atoms with van der Waals surface area (Å²) in [6, 6.07) is 25.8. The Morgan fingerprint density at radius 3 is 2.52 bits per heavy atom. The zero-order chi connectivity index (χ0) is 32.4. The average Bonchev–Trinajstić information content (AvgIpc) is 3.60. The average molecular weight is 620 g/mol.